The van der Waals surface area contributed by atoms with Crippen molar-refractivity contribution in [1.29, 1.82) is 0 Å². The van der Waals surface area contributed by atoms with Crippen molar-refractivity contribution < 1.29 is 13.9 Å². The van der Waals surface area contributed by atoms with E-state index in [9.17, 15) is 0 Å². The van der Waals surface area contributed by atoms with Crippen molar-refractivity contribution in [2.24, 2.45) is 10.7 Å². The van der Waals surface area contributed by atoms with E-state index >= 15 is 0 Å². The molecule has 0 radical (unpaired) electrons. The van der Waals surface area contributed by atoms with E-state index in [1.54, 1.807) is 14.2 Å². The van der Waals surface area contributed by atoms with Crippen molar-refractivity contribution in [3.63, 3.8) is 0 Å². The molecule has 146 valence electrons. The molecule has 1 fully saturated rings. The fraction of sp³-hybridized carbons (Fsp3) is 0.450. The molecule has 1 unspecified atom stereocenters. The highest BCUT2D eigenvalue weighted by Gasteiger charge is 2.25. The maximum Gasteiger partial charge on any atom is 0.193 e. The van der Waals surface area contributed by atoms with Gasteiger partial charge in [0.1, 0.15) is 23.0 Å². The highest BCUT2D eigenvalue weighted by molar-refractivity contribution is 5.94. The van der Waals surface area contributed by atoms with E-state index in [1.807, 2.05) is 37.3 Å². The zero-order chi connectivity index (χ0) is 19.2. The second-order valence-electron chi connectivity index (χ2n) is 6.62. The predicted octanol–water partition coefficient (Wildman–Crippen LogP) is 3.17. The summed E-state index contributed by atoms with van der Waals surface area (Å²) in [5.41, 5.74) is 6.86. The number of nitrogens with one attached hydrogen (secondary N) is 1. The zero-order valence-electron chi connectivity index (χ0n) is 16.2. The van der Waals surface area contributed by atoms with Crippen molar-refractivity contribution in [2.45, 2.75) is 25.8 Å². The number of furan rings is 1. The van der Waals surface area contributed by atoms with Gasteiger partial charge >= 0.3 is 0 Å². The summed E-state index contributed by atoms with van der Waals surface area (Å²) in [6.07, 6.45) is 2.41. The number of nitrogens with two attached hydrogens (primary N) is 1. The maximum absolute atomic E-state index is 6.14. The number of anilines is 1. The van der Waals surface area contributed by atoms with Crippen LogP contribution in [-0.2, 0) is 0 Å². The van der Waals surface area contributed by atoms with Crippen LogP contribution < -0.4 is 20.5 Å². The number of ether oxygens (including phenoxy) is 2. The summed E-state index contributed by atoms with van der Waals surface area (Å²) in [6, 6.07) is 9.60. The van der Waals surface area contributed by atoms with Gasteiger partial charge in [0.15, 0.2) is 5.96 Å². The van der Waals surface area contributed by atoms with Crippen LogP contribution >= 0.6 is 0 Å². The normalized spacial score (nSPS) is 16.3. The molecule has 3 rings (SSSR count). The van der Waals surface area contributed by atoms with Gasteiger partial charge in [-0.15, -0.1) is 0 Å². The van der Waals surface area contributed by atoms with Gasteiger partial charge in [-0.2, -0.15) is 0 Å². The van der Waals surface area contributed by atoms with Gasteiger partial charge in [-0.25, -0.2) is 0 Å². The Kier molecular flexibility index (Phi) is 6.24. The van der Waals surface area contributed by atoms with E-state index < -0.39 is 0 Å². The minimum atomic E-state index is 0.0914. The van der Waals surface area contributed by atoms with Crippen LogP contribution in [0.15, 0.2) is 39.7 Å². The number of hydrogen-bond donors (Lipinski definition) is 2. The number of nitrogens with zero attached hydrogens (tertiary/aromatic N) is 2. The Hall–Kier alpha value is -2.67. The Bertz CT molecular complexity index is 781. The molecule has 1 saturated heterocycles. The van der Waals surface area contributed by atoms with Crippen LogP contribution in [0.1, 0.15) is 30.4 Å². The smallest absolute Gasteiger partial charge is 0.193 e. The van der Waals surface area contributed by atoms with Crippen LogP contribution in [0.25, 0.3) is 0 Å². The van der Waals surface area contributed by atoms with Gasteiger partial charge in [0.2, 0.25) is 0 Å². The van der Waals surface area contributed by atoms with Gasteiger partial charge in [-0.3, -0.25) is 9.89 Å². The molecule has 2 heterocycles. The van der Waals surface area contributed by atoms with Crippen LogP contribution in [-0.4, -0.2) is 44.7 Å². The lowest BCUT2D eigenvalue weighted by Crippen LogP contribution is -2.30. The predicted molar refractivity (Wildman–Crippen MR) is 107 cm³/mol. The topological polar surface area (TPSA) is 85.2 Å². The molecule has 1 aliphatic heterocycles. The Balaban J connectivity index is 1.74. The monoisotopic (exact) mass is 372 g/mol. The van der Waals surface area contributed by atoms with Gasteiger partial charge in [-0.05, 0) is 57.1 Å². The van der Waals surface area contributed by atoms with Gasteiger partial charge in [-0.1, -0.05) is 0 Å². The minimum Gasteiger partial charge on any atom is -0.497 e. The van der Waals surface area contributed by atoms with E-state index in [-0.39, 0.29) is 6.04 Å². The van der Waals surface area contributed by atoms with Gasteiger partial charge in [0.05, 0.1) is 32.5 Å². The summed E-state index contributed by atoms with van der Waals surface area (Å²) in [7, 11) is 3.23. The molecular formula is C20H28N4O3. The van der Waals surface area contributed by atoms with Crippen molar-refractivity contribution in [3.8, 4) is 11.5 Å². The number of guanidine groups is 1. The first-order valence-corrected chi connectivity index (χ1v) is 9.20. The zero-order valence-corrected chi connectivity index (χ0v) is 16.2. The van der Waals surface area contributed by atoms with E-state index in [4.69, 9.17) is 19.6 Å². The third-order valence-electron chi connectivity index (χ3n) is 4.77. The number of aliphatic imine (C=N–C) groups is 1. The Labute approximate surface area is 160 Å². The standard InChI is InChI=1S/C20H28N4O3/c1-14-6-8-19(27-14)17(24-10-4-5-11-24)13-22-20(21)23-16-12-15(25-2)7-9-18(16)26-3/h6-9,12,17H,4-5,10-11,13H2,1-3H3,(H3,21,22,23). The molecule has 7 heteroatoms. The number of hydrogen-bond acceptors (Lipinski definition) is 5. The van der Waals surface area contributed by atoms with E-state index in [0.717, 1.165) is 24.6 Å². The molecule has 1 aromatic heterocycles. The van der Waals surface area contributed by atoms with E-state index in [2.05, 4.69) is 15.2 Å². The Morgan fingerprint density at radius 1 is 1.22 bits per heavy atom. The summed E-state index contributed by atoms with van der Waals surface area (Å²) < 4.78 is 16.5. The molecule has 0 aliphatic carbocycles. The van der Waals surface area contributed by atoms with Crippen LogP contribution in [0.3, 0.4) is 0 Å². The van der Waals surface area contributed by atoms with Crippen LogP contribution in [0.4, 0.5) is 5.69 Å². The number of methoxy groups -OCH3 is 2. The fourth-order valence-corrected chi connectivity index (χ4v) is 3.35. The van der Waals surface area contributed by atoms with Crippen molar-refractivity contribution in [2.75, 3.05) is 39.2 Å². The van der Waals surface area contributed by atoms with Crippen molar-refractivity contribution in [3.05, 3.63) is 41.9 Å². The SMILES string of the molecule is COc1ccc(OC)c(NC(N)=NCC(c2ccc(C)o2)N2CCCC2)c1. The molecule has 0 spiro atoms. The van der Waals surface area contributed by atoms with Crippen LogP contribution in [0.2, 0.25) is 0 Å². The number of benzene rings is 1. The summed E-state index contributed by atoms with van der Waals surface area (Å²) in [5.74, 6) is 3.56. The first-order valence-electron chi connectivity index (χ1n) is 9.20. The fourth-order valence-electron chi connectivity index (χ4n) is 3.35. The molecule has 0 amide bonds. The molecule has 1 aliphatic rings. The average Bonchev–Trinajstić information content (AvgIpc) is 3.34. The summed E-state index contributed by atoms with van der Waals surface area (Å²) in [6.45, 7) is 4.59. The van der Waals surface area contributed by atoms with Crippen LogP contribution in [0.5, 0.6) is 11.5 Å². The lowest BCUT2D eigenvalue weighted by molar-refractivity contribution is 0.219. The summed E-state index contributed by atoms with van der Waals surface area (Å²) in [4.78, 5) is 6.97. The first kappa shape index (κ1) is 19.1. The number of likely N-dealkylation sites (tertiary alicyclic amines) is 1. The van der Waals surface area contributed by atoms with Gasteiger partial charge in [0, 0.05) is 6.07 Å². The third kappa shape index (κ3) is 4.74. The van der Waals surface area contributed by atoms with Gasteiger partial charge < -0.3 is 24.9 Å². The molecule has 1 aromatic carbocycles. The lowest BCUT2D eigenvalue weighted by Gasteiger charge is -2.24. The Morgan fingerprint density at radius 2 is 2.00 bits per heavy atom. The molecule has 0 saturated carbocycles. The minimum absolute atomic E-state index is 0.0914. The number of aryl methyl sites for hydroxylation is 1. The number of rotatable bonds is 7. The largest absolute Gasteiger partial charge is 0.497 e. The molecule has 0 bridgehead atoms. The van der Waals surface area contributed by atoms with Gasteiger partial charge in [0.25, 0.3) is 0 Å². The summed E-state index contributed by atoms with van der Waals surface area (Å²) in [5, 5.41) is 3.11. The lowest BCUT2D eigenvalue weighted by atomic mass is 10.2. The third-order valence-corrected chi connectivity index (χ3v) is 4.77. The molecule has 1 atom stereocenters. The highest BCUT2D eigenvalue weighted by Crippen LogP contribution is 2.29. The van der Waals surface area contributed by atoms with Crippen LogP contribution in [0, 0.1) is 6.92 Å². The molecule has 3 N–H and O–H groups in total. The van der Waals surface area contributed by atoms with Crippen molar-refractivity contribution >= 4 is 11.6 Å². The molecule has 7 nitrogen and oxygen atoms in total. The quantitative estimate of drug-likeness (QED) is 0.574. The maximum atomic E-state index is 6.14. The second kappa shape index (κ2) is 8.81. The van der Waals surface area contributed by atoms with Crippen molar-refractivity contribution in [1.82, 2.24) is 4.90 Å². The van der Waals surface area contributed by atoms with E-state index in [1.165, 1.54) is 12.8 Å². The second-order valence-corrected chi connectivity index (χ2v) is 6.62. The average molecular weight is 372 g/mol. The highest BCUT2D eigenvalue weighted by atomic mass is 16.5. The Morgan fingerprint density at radius 3 is 2.63 bits per heavy atom. The molecule has 27 heavy (non-hydrogen) atoms. The molecule has 2 aromatic rings. The van der Waals surface area contributed by atoms with E-state index in [0.29, 0.717) is 29.7 Å². The summed E-state index contributed by atoms with van der Waals surface area (Å²) >= 11 is 0. The first-order chi connectivity index (χ1) is 13.1. The molecular weight excluding hydrogens is 344 g/mol.